The quantitative estimate of drug-likeness (QED) is 0.582. The number of anilines is 1. The van der Waals surface area contributed by atoms with Crippen LogP contribution in [0.2, 0.25) is 0 Å². The van der Waals surface area contributed by atoms with E-state index in [0.29, 0.717) is 5.88 Å². The van der Waals surface area contributed by atoms with Crippen LogP contribution in [0.5, 0.6) is 5.88 Å². The Balaban J connectivity index is 1.66. The molecule has 3 aromatic rings. The first kappa shape index (κ1) is 23.1. The van der Waals surface area contributed by atoms with Crippen molar-refractivity contribution < 1.29 is 18.7 Å². The van der Waals surface area contributed by atoms with Crippen LogP contribution in [0.4, 0.5) is 9.52 Å². The third-order valence-electron chi connectivity index (χ3n) is 5.28. The van der Waals surface area contributed by atoms with Crippen molar-refractivity contribution in [1.82, 2.24) is 15.3 Å². The summed E-state index contributed by atoms with van der Waals surface area (Å²) in [6, 6.07) is 9.47. The highest BCUT2D eigenvalue weighted by Gasteiger charge is 2.26. The maximum atomic E-state index is 13.5. The standard InChI is InChI=1S/C24H27FN4O3S/c1-14-8-18(10-21(27-14)31-4)22-20(11-26-23(30)17-6-5-7-19(25)9-17)28-24(33-22)29-12-15(2)32-16(3)13-29/h5-10,15-16H,11-13H2,1-4H3,(H,26,30)/t15-,16+. The van der Waals surface area contributed by atoms with Gasteiger partial charge in [-0.05, 0) is 45.0 Å². The number of aryl methyl sites for hydroxylation is 1. The maximum absolute atomic E-state index is 13.5. The molecule has 1 aliphatic heterocycles. The number of benzene rings is 1. The molecule has 1 aliphatic rings. The highest BCUT2D eigenvalue weighted by Crippen LogP contribution is 2.37. The second-order valence-corrected chi connectivity index (χ2v) is 9.14. The predicted octanol–water partition coefficient (Wildman–Crippen LogP) is 4.20. The lowest BCUT2D eigenvalue weighted by Crippen LogP contribution is -2.45. The zero-order valence-electron chi connectivity index (χ0n) is 19.1. The van der Waals surface area contributed by atoms with E-state index in [2.05, 4.69) is 15.2 Å². The molecule has 1 amide bonds. The zero-order chi connectivity index (χ0) is 23.5. The number of aromatic nitrogens is 2. The first-order chi connectivity index (χ1) is 15.8. The normalized spacial score (nSPS) is 18.3. The van der Waals surface area contributed by atoms with Crippen molar-refractivity contribution in [1.29, 1.82) is 0 Å². The Morgan fingerprint density at radius 3 is 2.70 bits per heavy atom. The largest absolute Gasteiger partial charge is 0.481 e. The number of nitrogens with zero attached hydrogens (tertiary/aromatic N) is 3. The van der Waals surface area contributed by atoms with Gasteiger partial charge < -0.3 is 19.7 Å². The second kappa shape index (κ2) is 9.84. The van der Waals surface area contributed by atoms with Gasteiger partial charge in [0.2, 0.25) is 5.88 Å². The van der Waals surface area contributed by atoms with Crippen molar-refractivity contribution in [3.8, 4) is 16.3 Å². The molecule has 4 rings (SSSR count). The van der Waals surface area contributed by atoms with Gasteiger partial charge in [-0.3, -0.25) is 4.79 Å². The van der Waals surface area contributed by atoms with Crippen LogP contribution in [0.25, 0.3) is 10.4 Å². The van der Waals surface area contributed by atoms with E-state index < -0.39 is 5.82 Å². The number of morpholine rings is 1. The molecule has 1 N–H and O–H groups in total. The van der Waals surface area contributed by atoms with Crippen LogP contribution in [-0.2, 0) is 11.3 Å². The number of methoxy groups -OCH3 is 1. The summed E-state index contributed by atoms with van der Waals surface area (Å²) in [5.41, 5.74) is 2.75. The third-order valence-corrected chi connectivity index (χ3v) is 6.49. The van der Waals surface area contributed by atoms with Crippen LogP contribution in [0.15, 0.2) is 36.4 Å². The Hall–Kier alpha value is -3.04. The highest BCUT2D eigenvalue weighted by atomic mass is 32.1. The number of carbonyl (C=O) groups excluding carboxylic acids is 1. The zero-order valence-corrected chi connectivity index (χ0v) is 19.9. The lowest BCUT2D eigenvalue weighted by molar-refractivity contribution is -0.00523. The Kier molecular flexibility index (Phi) is 6.90. The minimum Gasteiger partial charge on any atom is -0.481 e. The summed E-state index contributed by atoms with van der Waals surface area (Å²) in [4.78, 5) is 25.0. The van der Waals surface area contributed by atoms with Crippen molar-refractivity contribution in [2.75, 3.05) is 25.1 Å². The molecular weight excluding hydrogens is 443 g/mol. The van der Waals surface area contributed by atoms with E-state index >= 15 is 0 Å². The second-order valence-electron chi connectivity index (χ2n) is 8.17. The monoisotopic (exact) mass is 470 g/mol. The van der Waals surface area contributed by atoms with Crippen LogP contribution in [-0.4, -0.2) is 48.3 Å². The van der Waals surface area contributed by atoms with Crippen LogP contribution in [0.1, 0.15) is 35.6 Å². The van der Waals surface area contributed by atoms with Gasteiger partial charge in [0.05, 0.1) is 36.4 Å². The van der Waals surface area contributed by atoms with Gasteiger partial charge in [0.15, 0.2) is 5.13 Å². The summed E-state index contributed by atoms with van der Waals surface area (Å²) in [5, 5.41) is 3.75. The van der Waals surface area contributed by atoms with E-state index in [1.165, 1.54) is 18.2 Å². The molecule has 7 nitrogen and oxygen atoms in total. The Bertz CT molecular complexity index is 1140. The van der Waals surface area contributed by atoms with Crippen molar-refractivity contribution in [3.63, 3.8) is 0 Å². The number of carbonyl (C=O) groups is 1. The molecule has 0 bridgehead atoms. The van der Waals surface area contributed by atoms with Gasteiger partial charge in [0, 0.05) is 36.0 Å². The molecule has 1 aromatic carbocycles. The summed E-state index contributed by atoms with van der Waals surface area (Å²) in [5.74, 6) is -0.287. The molecule has 0 radical (unpaired) electrons. The molecule has 1 fully saturated rings. The Labute approximate surface area is 196 Å². The molecule has 1 saturated heterocycles. The van der Waals surface area contributed by atoms with Crippen LogP contribution in [0.3, 0.4) is 0 Å². The number of nitrogens with one attached hydrogen (secondary N) is 1. The third kappa shape index (κ3) is 5.48. The number of hydrogen-bond acceptors (Lipinski definition) is 7. The SMILES string of the molecule is COc1cc(-c2sc(N3C[C@@H](C)O[C@@H](C)C3)nc2CNC(=O)c2cccc(F)c2)cc(C)n1. The van der Waals surface area contributed by atoms with Crippen molar-refractivity contribution in [2.45, 2.75) is 39.5 Å². The number of ether oxygens (including phenoxy) is 2. The summed E-state index contributed by atoms with van der Waals surface area (Å²) in [6.07, 6.45) is 0.195. The first-order valence-electron chi connectivity index (χ1n) is 10.8. The highest BCUT2D eigenvalue weighted by molar-refractivity contribution is 7.19. The molecule has 0 unspecified atom stereocenters. The number of rotatable bonds is 6. The van der Waals surface area contributed by atoms with E-state index in [1.54, 1.807) is 24.5 Å². The lowest BCUT2D eigenvalue weighted by atomic mass is 10.1. The average Bonchev–Trinajstić information content (AvgIpc) is 3.21. The van der Waals surface area contributed by atoms with Gasteiger partial charge >= 0.3 is 0 Å². The summed E-state index contributed by atoms with van der Waals surface area (Å²) >= 11 is 1.57. The number of halogens is 1. The molecule has 0 aliphatic carbocycles. The van der Waals surface area contributed by atoms with Crippen LogP contribution in [0, 0.1) is 12.7 Å². The fourth-order valence-corrected chi connectivity index (χ4v) is 5.01. The van der Waals surface area contributed by atoms with Gasteiger partial charge in [-0.15, -0.1) is 0 Å². The molecule has 33 heavy (non-hydrogen) atoms. The minimum atomic E-state index is -0.450. The fraction of sp³-hybridized carbons (Fsp3) is 0.375. The molecule has 0 saturated carbocycles. The van der Waals surface area contributed by atoms with Gasteiger partial charge in [-0.1, -0.05) is 17.4 Å². The number of amides is 1. The molecule has 3 heterocycles. The smallest absolute Gasteiger partial charge is 0.251 e. The van der Waals surface area contributed by atoms with E-state index in [0.717, 1.165) is 40.0 Å². The van der Waals surface area contributed by atoms with Gasteiger partial charge in [-0.25, -0.2) is 14.4 Å². The van der Waals surface area contributed by atoms with E-state index in [9.17, 15) is 9.18 Å². The number of thiazole rings is 1. The summed E-state index contributed by atoms with van der Waals surface area (Å²) in [6.45, 7) is 7.70. The van der Waals surface area contributed by atoms with Crippen molar-refractivity contribution in [3.05, 3.63) is 59.2 Å². The molecule has 9 heteroatoms. The van der Waals surface area contributed by atoms with Crippen LogP contribution >= 0.6 is 11.3 Å². The fourth-order valence-electron chi connectivity index (χ4n) is 3.92. The predicted molar refractivity (Wildman–Crippen MR) is 126 cm³/mol. The number of pyridine rings is 1. The molecule has 2 atom stereocenters. The minimum absolute atomic E-state index is 0.0977. The number of hydrogen-bond donors (Lipinski definition) is 1. The van der Waals surface area contributed by atoms with Gasteiger partial charge in [0.25, 0.3) is 5.91 Å². The average molecular weight is 471 g/mol. The summed E-state index contributed by atoms with van der Waals surface area (Å²) in [7, 11) is 1.58. The van der Waals surface area contributed by atoms with E-state index in [-0.39, 0.29) is 30.2 Å². The summed E-state index contributed by atoms with van der Waals surface area (Å²) < 4.78 is 24.8. The molecular formula is C24H27FN4O3S. The lowest BCUT2D eigenvalue weighted by Gasteiger charge is -2.35. The van der Waals surface area contributed by atoms with E-state index in [1.807, 2.05) is 32.9 Å². The van der Waals surface area contributed by atoms with Crippen molar-refractivity contribution >= 4 is 22.4 Å². The van der Waals surface area contributed by atoms with Gasteiger partial charge in [-0.2, -0.15) is 0 Å². The molecule has 0 spiro atoms. The molecule has 174 valence electrons. The first-order valence-corrected chi connectivity index (χ1v) is 11.6. The Morgan fingerprint density at radius 2 is 2.00 bits per heavy atom. The van der Waals surface area contributed by atoms with Crippen LogP contribution < -0.4 is 15.0 Å². The Morgan fingerprint density at radius 1 is 1.24 bits per heavy atom. The van der Waals surface area contributed by atoms with Crippen molar-refractivity contribution in [2.24, 2.45) is 0 Å². The maximum Gasteiger partial charge on any atom is 0.251 e. The van der Waals surface area contributed by atoms with Gasteiger partial charge in [0.1, 0.15) is 5.82 Å². The van der Waals surface area contributed by atoms with E-state index in [4.69, 9.17) is 14.5 Å². The topological polar surface area (TPSA) is 76.6 Å². The molecule has 2 aromatic heterocycles.